The number of piperidine rings is 1. The van der Waals surface area contributed by atoms with Crippen molar-refractivity contribution in [3.05, 3.63) is 84.9 Å². The van der Waals surface area contributed by atoms with Crippen molar-refractivity contribution < 1.29 is 4.39 Å². The van der Waals surface area contributed by atoms with Gasteiger partial charge in [0.25, 0.3) is 0 Å². The zero-order chi connectivity index (χ0) is 25.2. The summed E-state index contributed by atoms with van der Waals surface area (Å²) in [6.45, 7) is 20.7. The van der Waals surface area contributed by atoms with Gasteiger partial charge in [0.15, 0.2) is 0 Å². The van der Waals surface area contributed by atoms with Crippen molar-refractivity contribution in [2.75, 3.05) is 32.7 Å². The van der Waals surface area contributed by atoms with Gasteiger partial charge in [0, 0.05) is 61.9 Å². The van der Waals surface area contributed by atoms with Gasteiger partial charge in [-0.05, 0) is 63.9 Å². The minimum atomic E-state index is -0.148. The van der Waals surface area contributed by atoms with E-state index in [-0.39, 0.29) is 5.82 Å². The third-order valence-electron chi connectivity index (χ3n) is 7.31. The monoisotopic (exact) mass is 479 g/mol. The quantitative estimate of drug-likeness (QED) is 0.516. The highest BCUT2D eigenvalue weighted by molar-refractivity contribution is 5.65. The van der Waals surface area contributed by atoms with Gasteiger partial charge < -0.3 is 9.88 Å². The fourth-order valence-corrected chi connectivity index (χ4v) is 5.01. The largest absolute Gasteiger partial charge is 0.372 e. The Morgan fingerprint density at radius 1 is 1.17 bits per heavy atom. The molecule has 1 aromatic heterocycles. The van der Waals surface area contributed by atoms with E-state index in [0.29, 0.717) is 6.04 Å². The maximum atomic E-state index is 13.1. The van der Waals surface area contributed by atoms with Gasteiger partial charge in [-0.15, -0.1) is 0 Å². The van der Waals surface area contributed by atoms with E-state index >= 15 is 0 Å². The second-order valence-electron chi connectivity index (χ2n) is 9.48. The van der Waals surface area contributed by atoms with Crippen LogP contribution in [0, 0.1) is 5.82 Å². The molecule has 0 spiro atoms. The van der Waals surface area contributed by atoms with Crippen LogP contribution < -0.4 is 0 Å². The molecule has 4 rings (SSSR count). The van der Waals surface area contributed by atoms with Crippen molar-refractivity contribution in [3.63, 3.8) is 0 Å². The van der Waals surface area contributed by atoms with Crippen LogP contribution in [0.1, 0.15) is 51.4 Å². The van der Waals surface area contributed by atoms with Crippen LogP contribution in [0.15, 0.2) is 67.7 Å². The topological polar surface area (TPSA) is 38.4 Å². The molecule has 190 valence electrons. The summed E-state index contributed by atoms with van der Waals surface area (Å²) in [5.74, 6) is 0.635. The molecular weight excluding hydrogens is 437 g/mol. The molecule has 2 aliphatic rings. The first-order chi connectivity index (χ1) is 16.9. The number of nitrogens with one attached hydrogen (secondary N) is 1. The molecule has 2 saturated heterocycles. The number of piperazine rings is 1. The molecule has 6 heteroatoms. The summed E-state index contributed by atoms with van der Waals surface area (Å²) in [6, 6.07) is 8.36. The smallest absolute Gasteiger partial charge is 0.136 e. The van der Waals surface area contributed by atoms with Crippen molar-refractivity contribution in [1.82, 2.24) is 24.7 Å². The van der Waals surface area contributed by atoms with E-state index in [1.807, 2.05) is 12.1 Å². The highest BCUT2D eigenvalue weighted by Gasteiger charge is 2.32. The Morgan fingerprint density at radius 3 is 2.46 bits per heavy atom. The summed E-state index contributed by atoms with van der Waals surface area (Å²) >= 11 is 0. The maximum absolute atomic E-state index is 13.1. The lowest BCUT2D eigenvalue weighted by molar-refractivity contribution is 0.0226. The normalized spacial score (nSPS) is 20.3. The lowest BCUT2D eigenvalue weighted by atomic mass is 9.97. The summed E-state index contributed by atoms with van der Waals surface area (Å²) in [4.78, 5) is 14.7. The lowest BCUT2D eigenvalue weighted by Crippen LogP contribution is -2.57. The fourth-order valence-electron chi connectivity index (χ4n) is 5.01. The number of rotatable bonds is 7. The van der Waals surface area contributed by atoms with Gasteiger partial charge >= 0.3 is 0 Å². The van der Waals surface area contributed by atoms with Gasteiger partial charge in [-0.2, -0.15) is 0 Å². The number of benzene rings is 1. The molecule has 2 fully saturated rings. The Morgan fingerprint density at radius 2 is 1.89 bits per heavy atom. The van der Waals surface area contributed by atoms with Crippen LogP contribution in [0.3, 0.4) is 0 Å². The highest BCUT2D eigenvalue weighted by atomic mass is 19.1. The standard InChI is InChI=1S/C22H34FN3.C7H8N2/c1-4-18(3)25-14-15-26(21(5-2)17-25)22-10-12-24(13-11-22)16-19-6-8-20(23)9-7-19;1-3-6(2)7-8-4-5-9-7/h4,6-9,21-22H,5,10-17H2,1-3H3;3-5H,1-2H2,(H,8,9)/b18-4+;. The molecule has 3 heterocycles. The molecule has 1 aromatic carbocycles. The van der Waals surface area contributed by atoms with Crippen molar-refractivity contribution in [2.45, 2.75) is 58.7 Å². The molecule has 1 atom stereocenters. The summed E-state index contributed by atoms with van der Waals surface area (Å²) < 4.78 is 13.1. The third-order valence-corrected chi connectivity index (χ3v) is 7.31. The number of H-pyrrole nitrogens is 1. The fraction of sp³-hybridized carbons (Fsp3) is 0.483. The zero-order valence-corrected chi connectivity index (χ0v) is 21.7. The van der Waals surface area contributed by atoms with Crippen molar-refractivity contribution in [3.8, 4) is 0 Å². The first kappa shape index (κ1) is 26.9. The number of hydrogen-bond acceptors (Lipinski definition) is 4. The van der Waals surface area contributed by atoms with Crippen LogP contribution in [-0.4, -0.2) is 69.5 Å². The van der Waals surface area contributed by atoms with E-state index < -0.39 is 0 Å². The predicted molar refractivity (Wildman–Crippen MR) is 144 cm³/mol. The summed E-state index contributed by atoms with van der Waals surface area (Å²) in [6.07, 6.45) is 11.1. The molecule has 0 amide bonds. The van der Waals surface area contributed by atoms with E-state index in [0.717, 1.165) is 43.6 Å². The van der Waals surface area contributed by atoms with E-state index in [2.05, 4.69) is 64.7 Å². The second-order valence-corrected chi connectivity index (χ2v) is 9.48. The van der Waals surface area contributed by atoms with Gasteiger partial charge in [0.05, 0.1) is 0 Å². The van der Waals surface area contributed by atoms with Gasteiger partial charge in [-0.25, -0.2) is 9.37 Å². The number of nitrogens with zero attached hydrogens (tertiary/aromatic N) is 4. The maximum Gasteiger partial charge on any atom is 0.136 e. The van der Waals surface area contributed by atoms with E-state index in [1.165, 1.54) is 43.6 Å². The van der Waals surface area contributed by atoms with Crippen LogP contribution in [0.4, 0.5) is 4.39 Å². The van der Waals surface area contributed by atoms with Crippen LogP contribution in [-0.2, 0) is 6.54 Å². The average molecular weight is 480 g/mol. The number of halogens is 1. The molecule has 0 saturated carbocycles. The number of allylic oxidation sites excluding steroid dienone is 4. The summed E-state index contributed by atoms with van der Waals surface area (Å²) in [7, 11) is 0. The predicted octanol–water partition coefficient (Wildman–Crippen LogP) is 5.72. The van der Waals surface area contributed by atoms with E-state index in [9.17, 15) is 4.39 Å². The van der Waals surface area contributed by atoms with Crippen LogP contribution in [0.2, 0.25) is 0 Å². The number of aromatic amines is 1. The average Bonchev–Trinajstić information content (AvgIpc) is 3.45. The van der Waals surface area contributed by atoms with Gasteiger partial charge in [-0.1, -0.05) is 44.4 Å². The molecule has 1 unspecified atom stereocenters. The first-order valence-corrected chi connectivity index (χ1v) is 12.9. The third kappa shape index (κ3) is 7.64. The Bertz CT molecular complexity index is 942. The van der Waals surface area contributed by atoms with E-state index in [1.54, 1.807) is 30.6 Å². The molecule has 5 nitrogen and oxygen atoms in total. The molecule has 0 aliphatic carbocycles. The molecule has 0 bridgehead atoms. The Hall–Kier alpha value is -2.70. The molecule has 35 heavy (non-hydrogen) atoms. The second kappa shape index (κ2) is 13.4. The highest BCUT2D eigenvalue weighted by Crippen LogP contribution is 2.25. The number of likely N-dealkylation sites (tertiary alicyclic amines) is 1. The Balaban J connectivity index is 0.000000320. The SMILES string of the molecule is C/C=C(\C)N1CCN(C2CCN(Cc3ccc(F)cc3)CC2)C(CC)C1.C=CC(=C)c1ncc[nH]1. The molecule has 2 aromatic rings. The lowest BCUT2D eigenvalue weighted by Gasteiger charge is -2.48. The molecular formula is C29H42FN5. The summed E-state index contributed by atoms with van der Waals surface area (Å²) in [5, 5.41) is 0. The van der Waals surface area contributed by atoms with Crippen molar-refractivity contribution in [1.29, 1.82) is 0 Å². The number of aromatic nitrogens is 2. The first-order valence-electron chi connectivity index (χ1n) is 12.9. The molecule has 2 aliphatic heterocycles. The van der Waals surface area contributed by atoms with Crippen molar-refractivity contribution in [2.24, 2.45) is 0 Å². The minimum absolute atomic E-state index is 0.148. The molecule has 1 N–H and O–H groups in total. The van der Waals surface area contributed by atoms with Gasteiger partial charge in [0.1, 0.15) is 11.6 Å². The van der Waals surface area contributed by atoms with Crippen LogP contribution in [0.5, 0.6) is 0 Å². The summed E-state index contributed by atoms with van der Waals surface area (Å²) in [5.41, 5.74) is 3.45. The Kier molecular flexibility index (Phi) is 10.3. The van der Waals surface area contributed by atoms with Crippen LogP contribution >= 0.6 is 0 Å². The minimum Gasteiger partial charge on any atom is -0.372 e. The molecule has 0 radical (unpaired) electrons. The van der Waals surface area contributed by atoms with Crippen molar-refractivity contribution >= 4 is 5.57 Å². The van der Waals surface area contributed by atoms with E-state index in [4.69, 9.17) is 0 Å². The number of hydrogen-bond donors (Lipinski definition) is 1. The Labute approximate surface area is 211 Å². The van der Waals surface area contributed by atoms with Crippen LogP contribution in [0.25, 0.3) is 5.57 Å². The van der Waals surface area contributed by atoms with Gasteiger partial charge in [0.2, 0.25) is 0 Å². The zero-order valence-electron chi connectivity index (χ0n) is 21.7. The number of imidazole rings is 1. The van der Waals surface area contributed by atoms with Gasteiger partial charge in [-0.3, -0.25) is 9.80 Å².